The van der Waals surface area contributed by atoms with Crippen molar-refractivity contribution in [3.8, 4) is 11.1 Å². The van der Waals surface area contributed by atoms with E-state index in [1.165, 1.54) is 0 Å². The van der Waals surface area contributed by atoms with Gasteiger partial charge in [0.2, 0.25) is 5.91 Å². The molecule has 27 heavy (non-hydrogen) atoms. The molecule has 0 radical (unpaired) electrons. The maximum Gasteiger partial charge on any atom is 0.221 e. The van der Waals surface area contributed by atoms with Gasteiger partial charge in [-0.05, 0) is 52.6 Å². The number of benzene rings is 3. The Labute approximate surface area is 165 Å². The molecule has 0 bridgehead atoms. The van der Waals surface area contributed by atoms with Crippen LogP contribution in [0.1, 0.15) is 11.1 Å². The third kappa shape index (κ3) is 3.28. The van der Waals surface area contributed by atoms with Crippen LogP contribution in [0.15, 0.2) is 48.5 Å². The third-order valence-electron chi connectivity index (χ3n) is 4.65. The van der Waals surface area contributed by atoms with Crippen LogP contribution in [0.3, 0.4) is 0 Å². The molecule has 0 fully saturated rings. The molecule has 1 heterocycles. The summed E-state index contributed by atoms with van der Waals surface area (Å²) in [6.45, 7) is -0.0338. The van der Waals surface area contributed by atoms with Crippen LogP contribution < -0.4 is 5.73 Å². The molecule has 0 spiro atoms. The van der Waals surface area contributed by atoms with Crippen LogP contribution in [0.4, 0.5) is 0 Å². The monoisotopic (exact) mass is 398 g/mol. The number of amides is 1. The molecule has 4 N–H and O–H groups in total. The molecule has 136 valence electrons. The maximum atomic E-state index is 11.6. The summed E-state index contributed by atoms with van der Waals surface area (Å²) in [6.07, 6.45) is 0.116. The van der Waals surface area contributed by atoms with E-state index in [1.54, 1.807) is 12.1 Å². The summed E-state index contributed by atoms with van der Waals surface area (Å²) in [6, 6.07) is 15.2. The van der Waals surface area contributed by atoms with Gasteiger partial charge < -0.3 is 15.8 Å². The second kappa shape index (κ2) is 6.89. The van der Waals surface area contributed by atoms with Crippen molar-refractivity contribution in [2.75, 3.05) is 0 Å². The number of nitrogens with two attached hydrogens (primary N) is 1. The number of aromatic nitrogens is 1. The summed E-state index contributed by atoms with van der Waals surface area (Å²) in [7, 11) is 0. The van der Waals surface area contributed by atoms with Crippen LogP contribution in [0.25, 0.3) is 32.9 Å². The van der Waals surface area contributed by atoms with Crippen molar-refractivity contribution in [2.24, 2.45) is 5.73 Å². The molecule has 3 aromatic carbocycles. The lowest BCUT2D eigenvalue weighted by molar-refractivity contribution is -0.117. The lowest BCUT2D eigenvalue weighted by Gasteiger charge is -2.08. The number of halogens is 2. The average molecular weight is 399 g/mol. The first-order valence-electron chi connectivity index (χ1n) is 8.38. The van der Waals surface area contributed by atoms with Gasteiger partial charge in [-0.2, -0.15) is 0 Å². The number of rotatable bonds is 4. The van der Waals surface area contributed by atoms with Crippen molar-refractivity contribution in [1.82, 2.24) is 4.98 Å². The largest absolute Gasteiger partial charge is 0.392 e. The van der Waals surface area contributed by atoms with Gasteiger partial charge >= 0.3 is 0 Å². The van der Waals surface area contributed by atoms with Crippen molar-refractivity contribution in [2.45, 2.75) is 13.0 Å². The van der Waals surface area contributed by atoms with Crippen LogP contribution in [0, 0.1) is 0 Å². The predicted octanol–water partition coefficient (Wildman–Crippen LogP) is 4.82. The number of H-pyrrole nitrogens is 1. The van der Waals surface area contributed by atoms with Gasteiger partial charge in [0.05, 0.1) is 28.6 Å². The maximum absolute atomic E-state index is 11.6. The van der Waals surface area contributed by atoms with Gasteiger partial charge in [-0.15, -0.1) is 0 Å². The predicted molar refractivity (Wildman–Crippen MR) is 110 cm³/mol. The molecule has 0 aliphatic carbocycles. The lowest BCUT2D eigenvalue weighted by atomic mass is 9.97. The number of aliphatic hydroxyl groups is 1. The summed E-state index contributed by atoms with van der Waals surface area (Å²) >= 11 is 12.2. The van der Waals surface area contributed by atoms with Crippen molar-refractivity contribution >= 4 is 50.9 Å². The first-order chi connectivity index (χ1) is 13.0. The van der Waals surface area contributed by atoms with Crippen molar-refractivity contribution in [3.05, 3.63) is 69.7 Å². The van der Waals surface area contributed by atoms with Gasteiger partial charge in [0.15, 0.2) is 0 Å². The van der Waals surface area contributed by atoms with E-state index in [2.05, 4.69) is 11.1 Å². The fraction of sp³-hybridized carbons (Fsp3) is 0.0952. The number of hydrogen-bond donors (Lipinski definition) is 3. The van der Waals surface area contributed by atoms with Gasteiger partial charge in [-0.3, -0.25) is 4.79 Å². The van der Waals surface area contributed by atoms with Gasteiger partial charge in [0.25, 0.3) is 0 Å². The Morgan fingerprint density at radius 1 is 0.963 bits per heavy atom. The summed E-state index contributed by atoms with van der Waals surface area (Å²) in [5.74, 6) is -0.405. The normalized spacial score (nSPS) is 11.4. The molecule has 1 amide bonds. The van der Waals surface area contributed by atoms with E-state index in [0.29, 0.717) is 10.0 Å². The second-order valence-electron chi connectivity index (χ2n) is 6.49. The number of carbonyl (C=O) groups is 1. The minimum atomic E-state index is -0.405. The molecule has 0 atom stereocenters. The Bertz CT molecular complexity index is 1200. The Kier molecular flexibility index (Phi) is 4.56. The van der Waals surface area contributed by atoms with Gasteiger partial charge in [0, 0.05) is 16.3 Å². The molecule has 0 aliphatic heterocycles. The van der Waals surface area contributed by atoms with Crippen molar-refractivity contribution < 1.29 is 9.90 Å². The van der Waals surface area contributed by atoms with Crippen LogP contribution in [0.2, 0.25) is 10.0 Å². The van der Waals surface area contributed by atoms with Gasteiger partial charge in [0.1, 0.15) is 0 Å². The van der Waals surface area contributed by atoms with E-state index in [1.807, 2.05) is 30.3 Å². The molecule has 6 heteroatoms. The minimum absolute atomic E-state index is 0.0338. The second-order valence-corrected chi connectivity index (χ2v) is 7.31. The molecule has 0 saturated heterocycles. The van der Waals surface area contributed by atoms with E-state index in [4.69, 9.17) is 28.9 Å². The van der Waals surface area contributed by atoms with Crippen molar-refractivity contribution in [1.29, 1.82) is 0 Å². The van der Waals surface area contributed by atoms with E-state index < -0.39 is 5.91 Å². The Hall–Kier alpha value is -2.53. The fourth-order valence-corrected chi connectivity index (χ4v) is 3.69. The SMILES string of the molecule is NC(=O)Cc1cc(-c2ccc(Cl)c(Cl)c2)cc2c1[nH]c1cc(CO)ccc12. The number of aliphatic hydroxyl groups excluding tert-OH is 1. The summed E-state index contributed by atoms with van der Waals surface area (Å²) < 4.78 is 0. The number of aromatic amines is 1. The number of fused-ring (bicyclic) bond motifs is 3. The topological polar surface area (TPSA) is 79.1 Å². The van der Waals surface area contributed by atoms with Crippen LogP contribution in [-0.2, 0) is 17.8 Å². The highest BCUT2D eigenvalue weighted by Crippen LogP contribution is 2.35. The summed E-state index contributed by atoms with van der Waals surface area (Å²) in [4.78, 5) is 15.0. The summed E-state index contributed by atoms with van der Waals surface area (Å²) in [5, 5.41) is 12.3. The number of nitrogens with one attached hydrogen (secondary N) is 1. The third-order valence-corrected chi connectivity index (χ3v) is 5.39. The molecule has 1 aromatic heterocycles. The van der Waals surface area contributed by atoms with Crippen LogP contribution in [0.5, 0.6) is 0 Å². The molecular formula is C21H16Cl2N2O2. The van der Waals surface area contributed by atoms with Gasteiger partial charge in [-0.25, -0.2) is 0 Å². The van der Waals surface area contributed by atoms with Crippen molar-refractivity contribution in [3.63, 3.8) is 0 Å². The average Bonchev–Trinajstić information content (AvgIpc) is 3.01. The van der Waals surface area contributed by atoms with Crippen LogP contribution in [-0.4, -0.2) is 16.0 Å². The molecule has 4 nitrogen and oxygen atoms in total. The number of hydrogen-bond acceptors (Lipinski definition) is 2. The van der Waals surface area contributed by atoms with E-state index in [-0.39, 0.29) is 13.0 Å². The molecule has 0 saturated carbocycles. The zero-order valence-electron chi connectivity index (χ0n) is 14.2. The fourth-order valence-electron chi connectivity index (χ4n) is 3.39. The van der Waals surface area contributed by atoms with E-state index in [0.717, 1.165) is 44.1 Å². The molecule has 4 aromatic rings. The first-order valence-corrected chi connectivity index (χ1v) is 9.13. The highest BCUT2D eigenvalue weighted by molar-refractivity contribution is 6.42. The Balaban J connectivity index is 2.01. The lowest BCUT2D eigenvalue weighted by Crippen LogP contribution is -2.14. The summed E-state index contributed by atoms with van der Waals surface area (Å²) in [5.41, 5.74) is 10.7. The molecule has 0 unspecified atom stereocenters. The number of carbonyl (C=O) groups excluding carboxylic acids is 1. The smallest absolute Gasteiger partial charge is 0.221 e. The van der Waals surface area contributed by atoms with E-state index >= 15 is 0 Å². The minimum Gasteiger partial charge on any atom is -0.392 e. The zero-order chi connectivity index (χ0) is 19.1. The molecular weight excluding hydrogens is 383 g/mol. The quantitative estimate of drug-likeness (QED) is 0.460. The van der Waals surface area contributed by atoms with Gasteiger partial charge in [-0.1, -0.05) is 41.4 Å². The Morgan fingerprint density at radius 2 is 1.78 bits per heavy atom. The molecule has 4 rings (SSSR count). The number of primary amides is 1. The highest BCUT2D eigenvalue weighted by Gasteiger charge is 2.14. The van der Waals surface area contributed by atoms with Crippen LogP contribution >= 0.6 is 23.2 Å². The first kappa shape index (κ1) is 17.9. The van der Waals surface area contributed by atoms with E-state index in [9.17, 15) is 9.90 Å². The zero-order valence-corrected chi connectivity index (χ0v) is 15.7. The Morgan fingerprint density at radius 3 is 2.48 bits per heavy atom. The highest BCUT2D eigenvalue weighted by atomic mass is 35.5. The standard InChI is InChI=1S/C21H16Cl2N2O2/c22-17-4-2-12(8-18(17)23)13-6-14(9-20(24)27)21-16(7-13)15-3-1-11(10-26)5-19(15)25-21/h1-8,25-26H,9-10H2,(H2,24,27). The molecule has 0 aliphatic rings.